The summed E-state index contributed by atoms with van der Waals surface area (Å²) in [6.07, 6.45) is 0. The summed E-state index contributed by atoms with van der Waals surface area (Å²) < 4.78 is 10.8. The molecule has 0 aromatic heterocycles. The molecule has 2 aliphatic heterocycles. The van der Waals surface area contributed by atoms with Crippen LogP contribution in [0.4, 0.5) is 0 Å². The molecule has 2 heterocycles. The fraction of sp³-hybridized carbons (Fsp3) is 0.259. The van der Waals surface area contributed by atoms with E-state index in [1.54, 1.807) is 12.1 Å². The highest BCUT2D eigenvalue weighted by Crippen LogP contribution is 2.32. The molecular weight excluding hydrogens is 430 g/mol. The number of ether oxygens (including phenoxy) is 2. The van der Waals surface area contributed by atoms with Crippen molar-refractivity contribution in [3.8, 4) is 22.6 Å². The number of carbonyl (C=O) groups is 2. The van der Waals surface area contributed by atoms with E-state index in [4.69, 9.17) is 9.47 Å². The minimum absolute atomic E-state index is 0.00142. The lowest BCUT2D eigenvalue weighted by molar-refractivity contribution is -0.131. The van der Waals surface area contributed by atoms with E-state index in [0.29, 0.717) is 18.7 Å². The number of carbonyl (C=O) groups excluding carboxylic acids is 2. The number of piperazine rings is 1. The molecule has 2 aliphatic rings. The summed E-state index contributed by atoms with van der Waals surface area (Å²) in [6, 6.07) is 23.4. The van der Waals surface area contributed by atoms with Gasteiger partial charge in [0.2, 0.25) is 12.7 Å². The Hall–Kier alpha value is -3.84. The van der Waals surface area contributed by atoms with Gasteiger partial charge in [-0.25, -0.2) is 0 Å². The molecule has 5 rings (SSSR count). The van der Waals surface area contributed by atoms with Crippen molar-refractivity contribution in [3.63, 3.8) is 0 Å². The zero-order valence-corrected chi connectivity index (χ0v) is 18.9. The molecule has 3 aromatic carbocycles. The summed E-state index contributed by atoms with van der Waals surface area (Å²) in [6.45, 7) is 3.94. The molecule has 7 nitrogen and oxygen atoms in total. The molecule has 1 saturated heterocycles. The van der Waals surface area contributed by atoms with Gasteiger partial charge < -0.3 is 19.7 Å². The molecule has 0 saturated carbocycles. The highest BCUT2D eigenvalue weighted by atomic mass is 16.7. The van der Waals surface area contributed by atoms with Crippen LogP contribution in [0.1, 0.15) is 15.9 Å². The second-order valence-corrected chi connectivity index (χ2v) is 8.47. The molecule has 7 heteroatoms. The zero-order valence-electron chi connectivity index (χ0n) is 18.9. The molecule has 0 radical (unpaired) electrons. The number of rotatable bonds is 6. The molecule has 3 aromatic rings. The van der Waals surface area contributed by atoms with Crippen LogP contribution in [0.5, 0.6) is 11.5 Å². The summed E-state index contributed by atoms with van der Waals surface area (Å²) >= 11 is 0. The van der Waals surface area contributed by atoms with Crippen molar-refractivity contribution >= 4 is 11.8 Å². The predicted molar refractivity (Wildman–Crippen MR) is 129 cm³/mol. The van der Waals surface area contributed by atoms with Crippen molar-refractivity contribution in [2.45, 2.75) is 6.54 Å². The second-order valence-electron chi connectivity index (χ2n) is 8.47. The maximum absolute atomic E-state index is 12.6. The summed E-state index contributed by atoms with van der Waals surface area (Å²) in [5, 5.41) is 2.76. The zero-order chi connectivity index (χ0) is 23.3. The Kier molecular flexibility index (Phi) is 6.44. The van der Waals surface area contributed by atoms with E-state index in [2.05, 4.69) is 10.2 Å². The summed E-state index contributed by atoms with van der Waals surface area (Å²) in [5.41, 5.74) is 3.85. The first-order chi connectivity index (χ1) is 16.7. The molecule has 0 spiro atoms. The molecular formula is C27H27N3O4. The number of nitrogens with one attached hydrogen (secondary N) is 1. The first kappa shape index (κ1) is 22.0. The average Bonchev–Trinajstić information content (AvgIpc) is 3.36. The average molecular weight is 458 g/mol. The Balaban J connectivity index is 1.07. The van der Waals surface area contributed by atoms with Crippen LogP contribution >= 0.6 is 0 Å². The van der Waals surface area contributed by atoms with Gasteiger partial charge in [-0.15, -0.1) is 0 Å². The van der Waals surface area contributed by atoms with E-state index < -0.39 is 0 Å². The maximum atomic E-state index is 12.6. The van der Waals surface area contributed by atoms with Crippen molar-refractivity contribution in [2.24, 2.45) is 0 Å². The van der Waals surface area contributed by atoms with Crippen LogP contribution in [0.25, 0.3) is 11.1 Å². The first-order valence-electron chi connectivity index (χ1n) is 11.5. The molecule has 0 bridgehead atoms. The molecule has 0 unspecified atom stereocenters. The highest BCUT2D eigenvalue weighted by Gasteiger charge is 2.22. The SMILES string of the molecule is O=C(NCC(=O)N1CCN(Cc2ccc3c(c2)OCO3)CC1)c1ccc(-c2ccccc2)cc1. The minimum Gasteiger partial charge on any atom is -0.454 e. The van der Waals surface area contributed by atoms with E-state index in [0.717, 1.165) is 47.8 Å². The van der Waals surface area contributed by atoms with E-state index in [-0.39, 0.29) is 25.2 Å². The van der Waals surface area contributed by atoms with Gasteiger partial charge in [-0.1, -0.05) is 48.5 Å². The first-order valence-corrected chi connectivity index (χ1v) is 11.5. The van der Waals surface area contributed by atoms with E-state index in [9.17, 15) is 9.59 Å². The van der Waals surface area contributed by atoms with Crippen LogP contribution in [0.2, 0.25) is 0 Å². The van der Waals surface area contributed by atoms with Gasteiger partial charge in [-0.2, -0.15) is 0 Å². The Morgan fingerprint density at radius 3 is 2.26 bits per heavy atom. The van der Waals surface area contributed by atoms with Crippen molar-refractivity contribution < 1.29 is 19.1 Å². The van der Waals surface area contributed by atoms with E-state index in [1.807, 2.05) is 65.6 Å². The van der Waals surface area contributed by atoms with Crippen molar-refractivity contribution in [3.05, 3.63) is 83.9 Å². The van der Waals surface area contributed by atoms with E-state index in [1.165, 1.54) is 0 Å². The Morgan fingerprint density at radius 2 is 1.50 bits per heavy atom. The lowest BCUT2D eigenvalue weighted by Crippen LogP contribution is -2.50. The lowest BCUT2D eigenvalue weighted by Gasteiger charge is -2.34. The van der Waals surface area contributed by atoms with Gasteiger partial charge in [0.25, 0.3) is 5.91 Å². The Bertz CT molecular complexity index is 1160. The molecule has 34 heavy (non-hydrogen) atoms. The van der Waals surface area contributed by atoms with Crippen molar-refractivity contribution in [1.29, 1.82) is 0 Å². The van der Waals surface area contributed by atoms with Crippen LogP contribution in [-0.4, -0.2) is 61.1 Å². The number of benzene rings is 3. The molecule has 1 N–H and O–H groups in total. The summed E-state index contributed by atoms with van der Waals surface area (Å²) in [7, 11) is 0. The standard InChI is InChI=1S/C27H27N3O4/c31-26(17-28-27(32)23-9-7-22(8-10-23)21-4-2-1-3-5-21)30-14-12-29(13-15-30)18-20-6-11-24-25(16-20)34-19-33-24/h1-11,16H,12-15,17-19H2,(H,28,32). The number of nitrogens with zero attached hydrogens (tertiary/aromatic N) is 2. The van der Waals surface area contributed by atoms with Crippen LogP contribution in [0.3, 0.4) is 0 Å². The van der Waals surface area contributed by atoms with Gasteiger partial charge in [-0.3, -0.25) is 14.5 Å². The molecule has 2 amide bonds. The Morgan fingerprint density at radius 1 is 0.794 bits per heavy atom. The largest absolute Gasteiger partial charge is 0.454 e. The topological polar surface area (TPSA) is 71.1 Å². The fourth-order valence-electron chi connectivity index (χ4n) is 4.27. The van der Waals surface area contributed by atoms with Crippen molar-refractivity contribution in [2.75, 3.05) is 39.5 Å². The van der Waals surface area contributed by atoms with Gasteiger partial charge >= 0.3 is 0 Å². The van der Waals surface area contributed by atoms with E-state index >= 15 is 0 Å². The van der Waals surface area contributed by atoms with Gasteiger partial charge in [0.1, 0.15) is 0 Å². The molecule has 1 fully saturated rings. The molecule has 0 aliphatic carbocycles. The van der Waals surface area contributed by atoms with Gasteiger partial charge in [-0.05, 0) is 41.0 Å². The number of fused-ring (bicyclic) bond motifs is 1. The Labute approximate surface area is 198 Å². The lowest BCUT2D eigenvalue weighted by atomic mass is 10.0. The third-order valence-electron chi connectivity index (χ3n) is 6.22. The number of amides is 2. The second kappa shape index (κ2) is 9.97. The minimum atomic E-state index is -0.241. The molecule has 174 valence electrons. The third-order valence-corrected chi connectivity index (χ3v) is 6.22. The summed E-state index contributed by atoms with van der Waals surface area (Å²) in [4.78, 5) is 29.3. The predicted octanol–water partition coefficient (Wildman–Crippen LogP) is 3.16. The van der Waals surface area contributed by atoms with Crippen LogP contribution < -0.4 is 14.8 Å². The van der Waals surface area contributed by atoms with Crippen LogP contribution in [0.15, 0.2) is 72.8 Å². The van der Waals surface area contributed by atoms with Gasteiger partial charge in [0, 0.05) is 38.3 Å². The third kappa shape index (κ3) is 5.05. The van der Waals surface area contributed by atoms with Gasteiger partial charge in [0.15, 0.2) is 11.5 Å². The summed E-state index contributed by atoms with van der Waals surface area (Å²) in [5.74, 6) is 1.27. The molecule has 0 atom stereocenters. The van der Waals surface area contributed by atoms with Gasteiger partial charge in [0.05, 0.1) is 6.54 Å². The monoisotopic (exact) mass is 457 g/mol. The normalized spacial score (nSPS) is 15.2. The maximum Gasteiger partial charge on any atom is 0.251 e. The quantitative estimate of drug-likeness (QED) is 0.616. The van der Waals surface area contributed by atoms with Crippen LogP contribution in [-0.2, 0) is 11.3 Å². The highest BCUT2D eigenvalue weighted by molar-refractivity contribution is 5.96. The van der Waals surface area contributed by atoms with Crippen molar-refractivity contribution in [1.82, 2.24) is 15.1 Å². The number of hydrogen-bond acceptors (Lipinski definition) is 5. The smallest absolute Gasteiger partial charge is 0.251 e. The van der Waals surface area contributed by atoms with Crippen LogP contribution in [0, 0.1) is 0 Å². The number of hydrogen-bond donors (Lipinski definition) is 1. The fourth-order valence-corrected chi connectivity index (χ4v) is 4.27.